The molecule has 1 aromatic heterocycles. The Labute approximate surface area is 118 Å². The van der Waals surface area contributed by atoms with Gasteiger partial charge in [-0.3, -0.25) is 4.68 Å². The van der Waals surface area contributed by atoms with E-state index in [1.54, 1.807) is 10.9 Å². The summed E-state index contributed by atoms with van der Waals surface area (Å²) in [5.74, 6) is 0. The first kappa shape index (κ1) is 13.0. The van der Waals surface area contributed by atoms with Crippen LogP contribution in [0.5, 0.6) is 0 Å². The fraction of sp³-hybridized carbons (Fsp3) is 0.182. The maximum atomic E-state index is 5.72. The molecule has 0 spiro atoms. The Morgan fingerprint density at radius 2 is 2.33 bits per heavy atom. The van der Waals surface area contributed by atoms with Gasteiger partial charge in [-0.1, -0.05) is 23.5 Å². The maximum absolute atomic E-state index is 5.72. The van der Waals surface area contributed by atoms with Gasteiger partial charge in [-0.25, -0.2) is 0 Å². The van der Waals surface area contributed by atoms with Crippen LogP contribution in [0.4, 0.5) is 5.69 Å². The van der Waals surface area contributed by atoms with Crippen molar-refractivity contribution in [3.05, 3.63) is 40.6 Å². The van der Waals surface area contributed by atoms with Gasteiger partial charge in [-0.15, -0.1) is 5.10 Å². The summed E-state index contributed by atoms with van der Waals surface area (Å²) >= 11 is 8.49. The Morgan fingerprint density at radius 3 is 3.00 bits per heavy atom. The quantitative estimate of drug-likeness (QED) is 0.820. The number of nitrogens with two attached hydrogens (primary N) is 1. The van der Waals surface area contributed by atoms with Crippen LogP contribution in [0, 0.1) is 0 Å². The first-order chi connectivity index (χ1) is 8.68. The van der Waals surface area contributed by atoms with Crippen molar-refractivity contribution in [2.45, 2.75) is 6.54 Å². The Bertz CT molecular complexity index is 540. The summed E-state index contributed by atoms with van der Waals surface area (Å²) in [6.45, 7) is 1.44. The SMILES string of the molecule is NC(=S)c1c(Br)cccc1NCCn1ccnn1. The van der Waals surface area contributed by atoms with Crippen LogP contribution in [0.2, 0.25) is 0 Å². The largest absolute Gasteiger partial charge is 0.389 e. The van der Waals surface area contributed by atoms with Gasteiger partial charge < -0.3 is 11.1 Å². The summed E-state index contributed by atoms with van der Waals surface area (Å²) in [4.78, 5) is 0.366. The van der Waals surface area contributed by atoms with E-state index in [-0.39, 0.29) is 0 Å². The van der Waals surface area contributed by atoms with Crippen molar-refractivity contribution < 1.29 is 0 Å². The molecule has 7 heteroatoms. The maximum Gasteiger partial charge on any atom is 0.107 e. The molecule has 1 aromatic carbocycles. The van der Waals surface area contributed by atoms with Crippen LogP contribution in [0.15, 0.2) is 35.1 Å². The predicted molar refractivity (Wildman–Crippen MR) is 78.5 cm³/mol. The lowest BCUT2D eigenvalue weighted by molar-refractivity contribution is 0.609. The van der Waals surface area contributed by atoms with E-state index in [1.807, 2.05) is 24.4 Å². The molecule has 0 atom stereocenters. The second-order valence-electron chi connectivity index (χ2n) is 3.62. The summed E-state index contributed by atoms with van der Waals surface area (Å²) in [5, 5.41) is 10.9. The van der Waals surface area contributed by atoms with E-state index in [0.717, 1.165) is 28.8 Å². The highest BCUT2D eigenvalue weighted by molar-refractivity contribution is 9.10. The van der Waals surface area contributed by atoms with Crippen molar-refractivity contribution >= 4 is 38.8 Å². The van der Waals surface area contributed by atoms with Gasteiger partial charge in [0.25, 0.3) is 0 Å². The van der Waals surface area contributed by atoms with Gasteiger partial charge in [-0.2, -0.15) is 0 Å². The number of anilines is 1. The van der Waals surface area contributed by atoms with Crippen LogP contribution in [0.25, 0.3) is 0 Å². The number of nitrogens with one attached hydrogen (secondary N) is 1. The fourth-order valence-corrected chi connectivity index (χ4v) is 2.51. The minimum atomic E-state index is 0.366. The van der Waals surface area contributed by atoms with E-state index in [1.165, 1.54) is 0 Å². The number of thiocarbonyl (C=S) groups is 1. The van der Waals surface area contributed by atoms with Crippen LogP contribution in [0.3, 0.4) is 0 Å². The van der Waals surface area contributed by atoms with Gasteiger partial charge in [0, 0.05) is 28.5 Å². The van der Waals surface area contributed by atoms with Gasteiger partial charge in [0.05, 0.1) is 12.7 Å². The lowest BCUT2D eigenvalue weighted by Gasteiger charge is -2.12. The average molecular weight is 326 g/mol. The zero-order valence-electron chi connectivity index (χ0n) is 9.51. The number of hydrogen-bond donors (Lipinski definition) is 2. The van der Waals surface area contributed by atoms with Crippen molar-refractivity contribution in [2.75, 3.05) is 11.9 Å². The zero-order valence-corrected chi connectivity index (χ0v) is 11.9. The van der Waals surface area contributed by atoms with Crippen LogP contribution < -0.4 is 11.1 Å². The lowest BCUT2D eigenvalue weighted by Crippen LogP contribution is -2.16. The Hall–Kier alpha value is -1.47. The van der Waals surface area contributed by atoms with Crippen LogP contribution >= 0.6 is 28.1 Å². The van der Waals surface area contributed by atoms with Crippen LogP contribution in [-0.4, -0.2) is 26.5 Å². The highest BCUT2D eigenvalue weighted by Gasteiger charge is 2.08. The van der Waals surface area contributed by atoms with Crippen molar-refractivity contribution in [1.82, 2.24) is 15.0 Å². The van der Waals surface area contributed by atoms with E-state index in [4.69, 9.17) is 18.0 Å². The second kappa shape index (κ2) is 5.92. The minimum absolute atomic E-state index is 0.366. The zero-order chi connectivity index (χ0) is 13.0. The molecule has 0 aliphatic carbocycles. The number of rotatable bonds is 5. The van der Waals surface area contributed by atoms with Gasteiger partial charge in [0.15, 0.2) is 0 Å². The number of benzene rings is 1. The lowest BCUT2D eigenvalue weighted by atomic mass is 10.2. The molecule has 0 unspecified atom stereocenters. The summed E-state index contributed by atoms with van der Waals surface area (Å²) in [6.07, 6.45) is 3.47. The third-order valence-corrected chi connectivity index (χ3v) is 3.25. The molecule has 2 aromatic rings. The summed E-state index contributed by atoms with van der Waals surface area (Å²) in [5.41, 5.74) is 7.45. The number of halogens is 1. The Balaban J connectivity index is 2.05. The minimum Gasteiger partial charge on any atom is -0.389 e. The molecule has 0 saturated heterocycles. The Morgan fingerprint density at radius 1 is 1.50 bits per heavy atom. The van der Waals surface area contributed by atoms with Crippen LogP contribution in [-0.2, 0) is 6.54 Å². The first-order valence-electron chi connectivity index (χ1n) is 5.35. The molecule has 5 nitrogen and oxygen atoms in total. The van der Waals surface area contributed by atoms with E-state index in [2.05, 4.69) is 31.6 Å². The molecule has 0 radical (unpaired) electrons. The molecule has 0 bridgehead atoms. The molecule has 18 heavy (non-hydrogen) atoms. The molecule has 1 heterocycles. The van der Waals surface area contributed by atoms with Crippen molar-refractivity contribution in [2.24, 2.45) is 5.73 Å². The third-order valence-electron chi connectivity index (χ3n) is 2.39. The highest BCUT2D eigenvalue weighted by atomic mass is 79.9. The number of hydrogen-bond acceptors (Lipinski definition) is 4. The van der Waals surface area contributed by atoms with E-state index < -0.39 is 0 Å². The molecule has 0 aliphatic rings. The van der Waals surface area contributed by atoms with Crippen molar-refractivity contribution in [3.8, 4) is 0 Å². The van der Waals surface area contributed by atoms with Gasteiger partial charge >= 0.3 is 0 Å². The third kappa shape index (κ3) is 3.05. The molecule has 0 fully saturated rings. The normalized spacial score (nSPS) is 10.3. The average Bonchev–Trinajstić information content (AvgIpc) is 2.81. The second-order valence-corrected chi connectivity index (χ2v) is 4.91. The Kier molecular flexibility index (Phi) is 4.27. The highest BCUT2D eigenvalue weighted by Crippen LogP contribution is 2.24. The summed E-state index contributed by atoms with van der Waals surface area (Å²) in [7, 11) is 0. The molecule has 94 valence electrons. The standard InChI is InChI=1S/C11H12BrN5S/c12-8-2-1-3-9(10(8)11(13)18)14-4-6-17-7-5-15-16-17/h1-3,5,7,14H,4,6H2,(H2,13,18). The topological polar surface area (TPSA) is 68.8 Å². The molecular weight excluding hydrogens is 314 g/mol. The molecule has 0 aliphatic heterocycles. The summed E-state index contributed by atoms with van der Waals surface area (Å²) < 4.78 is 2.64. The molecule has 0 saturated carbocycles. The first-order valence-corrected chi connectivity index (χ1v) is 6.55. The van der Waals surface area contributed by atoms with E-state index >= 15 is 0 Å². The van der Waals surface area contributed by atoms with Gasteiger partial charge in [-0.05, 0) is 28.1 Å². The molecular formula is C11H12BrN5S. The van der Waals surface area contributed by atoms with E-state index in [9.17, 15) is 0 Å². The van der Waals surface area contributed by atoms with Crippen molar-refractivity contribution in [1.29, 1.82) is 0 Å². The van der Waals surface area contributed by atoms with E-state index in [0.29, 0.717) is 4.99 Å². The molecule has 2 rings (SSSR count). The number of aromatic nitrogens is 3. The summed E-state index contributed by atoms with van der Waals surface area (Å²) in [6, 6.07) is 5.79. The molecule has 0 amide bonds. The monoisotopic (exact) mass is 325 g/mol. The number of nitrogens with zero attached hydrogens (tertiary/aromatic N) is 3. The van der Waals surface area contributed by atoms with Crippen molar-refractivity contribution in [3.63, 3.8) is 0 Å². The smallest absolute Gasteiger partial charge is 0.107 e. The van der Waals surface area contributed by atoms with Gasteiger partial charge in [0.1, 0.15) is 4.99 Å². The molecule has 3 N–H and O–H groups in total. The fourth-order valence-electron chi connectivity index (χ4n) is 1.58. The van der Waals surface area contributed by atoms with Crippen LogP contribution in [0.1, 0.15) is 5.56 Å². The van der Waals surface area contributed by atoms with Gasteiger partial charge in [0.2, 0.25) is 0 Å². The predicted octanol–water partition coefficient (Wildman–Crippen LogP) is 1.79.